The smallest absolute Gasteiger partial charge is 0.230 e. The lowest BCUT2D eigenvalue weighted by molar-refractivity contribution is -0.119. The molecule has 0 saturated carbocycles. The SMILES string of the molecule is C#Cc1cc(F)ccc1CC(=O)NC(=S)Nc1ccc(Oc2ccnc3cc(C4=CCN(C)CC4)sc23)c(F)c1. The highest BCUT2D eigenvalue weighted by molar-refractivity contribution is 7.80. The topological polar surface area (TPSA) is 66.5 Å². The normalized spacial score (nSPS) is 13.4. The van der Waals surface area contributed by atoms with Gasteiger partial charge in [-0.15, -0.1) is 17.8 Å². The van der Waals surface area contributed by atoms with Gasteiger partial charge in [0, 0.05) is 47.5 Å². The van der Waals surface area contributed by atoms with Gasteiger partial charge in [0.2, 0.25) is 5.91 Å². The predicted octanol–water partition coefficient (Wildman–Crippen LogP) is 6.12. The van der Waals surface area contributed by atoms with Crippen LogP contribution in [0.15, 0.2) is 60.8 Å². The molecule has 0 spiro atoms. The minimum Gasteiger partial charge on any atom is -0.453 e. The molecular formula is C30H24F2N4O2S2. The van der Waals surface area contributed by atoms with Crippen LogP contribution in [0.2, 0.25) is 0 Å². The first-order valence-electron chi connectivity index (χ1n) is 12.4. The number of likely N-dealkylation sites (N-methyl/N-ethyl adjacent to an activating group) is 1. The third-order valence-electron chi connectivity index (χ3n) is 6.35. The van der Waals surface area contributed by atoms with Crippen LogP contribution in [0.4, 0.5) is 14.5 Å². The Kier molecular flexibility index (Phi) is 8.16. The Balaban J connectivity index is 1.24. The molecule has 0 atom stereocenters. The number of terminal acetylenes is 1. The van der Waals surface area contributed by atoms with Gasteiger partial charge in [0.1, 0.15) is 11.6 Å². The van der Waals surface area contributed by atoms with Crippen molar-refractivity contribution >= 4 is 56.1 Å². The fraction of sp³-hybridized carbons (Fsp3) is 0.167. The monoisotopic (exact) mass is 574 g/mol. The number of carbonyl (C=O) groups excluding carboxylic acids is 1. The fourth-order valence-electron chi connectivity index (χ4n) is 4.27. The molecule has 0 radical (unpaired) electrons. The Labute approximate surface area is 239 Å². The molecule has 6 nitrogen and oxygen atoms in total. The lowest BCUT2D eigenvalue weighted by Crippen LogP contribution is -2.35. The average Bonchev–Trinajstić information content (AvgIpc) is 3.37. The number of thiophene rings is 1. The maximum absolute atomic E-state index is 15.0. The number of nitrogens with zero attached hydrogens (tertiary/aromatic N) is 2. The van der Waals surface area contributed by atoms with Gasteiger partial charge in [-0.1, -0.05) is 18.1 Å². The van der Waals surface area contributed by atoms with Crippen LogP contribution in [0.1, 0.15) is 22.4 Å². The minimum absolute atomic E-state index is 0.0207. The molecular weight excluding hydrogens is 550 g/mol. The first-order chi connectivity index (χ1) is 19.3. The zero-order valence-electron chi connectivity index (χ0n) is 21.5. The second-order valence-corrected chi connectivity index (χ2v) is 10.7. The minimum atomic E-state index is -0.608. The summed E-state index contributed by atoms with van der Waals surface area (Å²) in [4.78, 5) is 20.3. The fourth-order valence-corrected chi connectivity index (χ4v) is 5.64. The number of ether oxygens (including phenoxy) is 1. The first kappa shape index (κ1) is 27.4. The Bertz CT molecular complexity index is 1690. The van der Waals surface area contributed by atoms with E-state index in [0.717, 1.165) is 34.6 Å². The van der Waals surface area contributed by atoms with Crippen LogP contribution in [0, 0.1) is 24.0 Å². The second kappa shape index (κ2) is 11.9. The van der Waals surface area contributed by atoms with E-state index < -0.39 is 17.5 Å². The molecule has 2 aromatic heterocycles. The lowest BCUT2D eigenvalue weighted by Gasteiger charge is -2.21. The molecule has 3 heterocycles. The van der Waals surface area contributed by atoms with Gasteiger partial charge in [-0.25, -0.2) is 8.78 Å². The van der Waals surface area contributed by atoms with E-state index >= 15 is 4.39 Å². The second-order valence-electron chi connectivity index (χ2n) is 9.25. The van der Waals surface area contributed by atoms with Crippen molar-refractivity contribution in [3.63, 3.8) is 0 Å². The van der Waals surface area contributed by atoms with Crippen molar-refractivity contribution < 1.29 is 18.3 Å². The van der Waals surface area contributed by atoms with E-state index in [4.69, 9.17) is 23.4 Å². The summed E-state index contributed by atoms with van der Waals surface area (Å²) in [5, 5.41) is 5.29. The van der Waals surface area contributed by atoms with Crippen LogP contribution < -0.4 is 15.4 Å². The molecule has 2 N–H and O–H groups in total. The first-order valence-corrected chi connectivity index (χ1v) is 13.6. The van der Waals surface area contributed by atoms with Gasteiger partial charge in [0.15, 0.2) is 16.7 Å². The molecule has 1 aliphatic heterocycles. The van der Waals surface area contributed by atoms with Gasteiger partial charge in [-0.3, -0.25) is 9.78 Å². The third kappa shape index (κ3) is 6.34. The summed E-state index contributed by atoms with van der Waals surface area (Å²) in [5.41, 5.74) is 3.19. The van der Waals surface area contributed by atoms with Crippen LogP contribution in [0.5, 0.6) is 11.5 Å². The van der Waals surface area contributed by atoms with E-state index in [2.05, 4.69) is 39.6 Å². The number of hydrogen-bond acceptors (Lipinski definition) is 6. The number of carbonyl (C=O) groups is 1. The van der Waals surface area contributed by atoms with Crippen molar-refractivity contribution in [1.29, 1.82) is 0 Å². The Morgan fingerprint density at radius 3 is 2.80 bits per heavy atom. The zero-order valence-corrected chi connectivity index (χ0v) is 23.1. The number of benzene rings is 2. The lowest BCUT2D eigenvalue weighted by atomic mass is 10.0. The van der Waals surface area contributed by atoms with Crippen molar-refractivity contribution in [2.24, 2.45) is 0 Å². The molecule has 10 heteroatoms. The molecule has 1 amide bonds. The highest BCUT2D eigenvalue weighted by Crippen LogP contribution is 2.39. The van der Waals surface area contributed by atoms with Crippen LogP contribution in [0.3, 0.4) is 0 Å². The summed E-state index contributed by atoms with van der Waals surface area (Å²) in [7, 11) is 2.09. The van der Waals surface area contributed by atoms with E-state index in [1.165, 1.54) is 35.9 Å². The van der Waals surface area contributed by atoms with E-state index in [9.17, 15) is 9.18 Å². The number of pyridine rings is 1. The molecule has 4 aromatic rings. The summed E-state index contributed by atoms with van der Waals surface area (Å²) in [6, 6.07) is 11.9. The van der Waals surface area contributed by atoms with Gasteiger partial charge < -0.3 is 20.3 Å². The Hall–Kier alpha value is -4.17. The highest BCUT2D eigenvalue weighted by atomic mass is 32.1. The maximum atomic E-state index is 15.0. The number of hydrogen-bond donors (Lipinski definition) is 2. The van der Waals surface area contributed by atoms with Crippen LogP contribution >= 0.6 is 23.6 Å². The Morgan fingerprint density at radius 1 is 1.20 bits per heavy atom. The van der Waals surface area contributed by atoms with Crippen molar-refractivity contribution in [3.05, 3.63) is 88.4 Å². The van der Waals surface area contributed by atoms with E-state index in [1.54, 1.807) is 29.7 Å². The summed E-state index contributed by atoms with van der Waals surface area (Å²) in [6.07, 6.45) is 10.1. The number of fused-ring (bicyclic) bond motifs is 1. The summed E-state index contributed by atoms with van der Waals surface area (Å²) in [6.45, 7) is 1.90. The number of aromatic nitrogens is 1. The zero-order chi connectivity index (χ0) is 28.2. The molecule has 40 heavy (non-hydrogen) atoms. The van der Waals surface area contributed by atoms with Crippen molar-refractivity contribution in [1.82, 2.24) is 15.2 Å². The van der Waals surface area contributed by atoms with Gasteiger partial charge in [0.05, 0.1) is 16.6 Å². The van der Waals surface area contributed by atoms with Crippen LogP contribution in [-0.4, -0.2) is 41.0 Å². The molecule has 0 aliphatic carbocycles. The highest BCUT2D eigenvalue weighted by Gasteiger charge is 2.17. The summed E-state index contributed by atoms with van der Waals surface area (Å²) < 4.78 is 35.2. The predicted molar refractivity (Wildman–Crippen MR) is 159 cm³/mol. The molecule has 2 aromatic carbocycles. The third-order valence-corrected chi connectivity index (χ3v) is 7.76. The molecule has 0 unspecified atom stereocenters. The summed E-state index contributed by atoms with van der Waals surface area (Å²) >= 11 is 6.78. The van der Waals surface area contributed by atoms with Gasteiger partial charge in [0.25, 0.3) is 0 Å². The Morgan fingerprint density at radius 2 is 2.05 bits per heavy atom. The van der Waals surface area contributed by atoms with E-state index in [0.29, 0.717) is 17.0 Å². The molecule has 0 saturated heterocycles. The molecule has 202 valence electrons. The standard InChI is InChI=1S/C30H24F2N4O2S2/c1-3-18-14-21(31)5-4-20(18)15-28(37)35-30(39)34-22-6-7-25(23(32)16-22)38-26-8-11-33-24-17-27(40-29(24)26)19-9-12-36(2)13-10-19/h1,4-9,11,14,16-17H,10,12-13,15H2,2H3,(H2,34,35,37,39). The van der Waals surface area contributed by atoms with Crippen molar-refractivity contribution in [2.75, 3.05) is 25.5 Å². The van der Waals surface area contributed by atoms with Crippen LogP contribution in [0.25, 0.3) is 15.8 Å². The van der Waals surface area contributed by atoms with E-state index in [1.807, 2.05) is 6.07 Å². The number of rotatable bonds is 6. The van der Waals surface area contributed by atoms with Gasteiger partial charge in [-0.2, -0.15) is 0 Å². The number of nitrogens with one attached hydrogen (secondary N) is 2. The maximum Gasteiger partial charge on any atom is 0.230 e. The molecule has 5 rings (SSSR count). The molecule has 0 bridgehead atoms. The molecule has 1 aliphatic rings. The quantitative estimate of drug-likeness (QED) is 0.214. The van der Waals surface area contributed by atoms with Gasteiger partial charge in [-0.05, 0) is 67.2 Å². The largest absolute Gasteiger partial charge is 0.453 e. The average molecular weight is 575 g/mol. The van der Waals surface area contributed by atoms with E-state index in [-0.39, 0.29) is 22.8 Å². The number of thiocarbonyl (C=S) groups is 1. The number of anilines is 1. The number of halogens is 2. The van der Waals surface area contributed by atoms with Crippen molar-refractivity contribution in [3.8, 4) is 23.8 Å². The van der Waals surface area contributed by atoms with Gasteiger partial charge >= 0.3 is 0 Å². The molecule has 0 fully saturated rings. The number of amides is 1. The van der Waals surface area contributed by atoms with Crippen molar-refractivity contribution in [2.45, 2.75) is 12.8 Å². The summed E-state index contributed by atoms with van der Waals surface area (Å²) in [5.74, 6) is 1.38. The van der Waals surface area contributed by atoms with Crippen LogP contribution in [-0.2, 0) is 11.2 Å².